The Morgan fingerprint density at radius 2 is 1.68 bits per heavy atom. The highest BCUT2D eigenvalue weighted by atomic mass is 16.4. The molecule has 4 heteroatoms. The van der Waals surface area contributed by atoms with E-state index in [-0.39, 0.29) is 29.7 Å². The molecule has 2 saturated carbocycles. The second-order valence-electron chi connectivity index (χ2n) is 7.51. The topological polar surface area (TPSA) is 57.6 Å². The fourth-order valence-electron chi connectivity index (χ4n) is 5.20. The van der Waals surface area contributed by atoms with Crippen LogP contribution in [0, 0.1) is 23.7 Å². The van der Waals surface area contributed by atoms with Crippen LogP contribution in [0.5, 0.6) is 0 Å². The van der Waals surface area contributed by atoms with Crippen molar-refractivity contribution >= 4 is 11.9 Å². The van der Waals surface area contributed by atoms with Gasteiger partial charge in [-0.2, -0.15) is 0 Å². The van der Waals surface area contributed by atoms with Gasteiger partial charge in [0.05, 0.1) is 11.8 Å². The van der Waals surface area contributed by atoms with E-state index >= 15 is 0 Å². The number of carboxylic acids is 1. The number of nitrogens with zero attached hydrogens (tertiary/aromatic N) is 1. The van der Waals surface area contributed by atoms with Gasteiger partial charge in [-0.15, -0.1) is 0 Å². The molecule has 3 aliphatic rings. The van der Waals surface area contributed by atoms with Gasteiger partial charge in [-0.25, -0.2) is 0 Å². The second-order valence-corrected chi connectivity index (χ2v) is 7.51. The van der Waals surface area contributed by atoms with E-state index in [1.807, 2.05) is 4.90 Å². The zero-order valence-corrected chi connectivity index (χ0v) is 13.8. The van der Waals surface area contributed by atoms with Crippen LogP contribution in [0.2, 0.25) is 0 Å². The van der Waals surface area contributed by atoms with E-state index in [1.54, 1.807) is 0 Å². The molecule has 4 nitrogen and oxygen atoms in total. The van der Waals surface area contributed by atoms with Crippen molar-refractivity contribution in [3.63, 3.8) is 0 Å². The van der Waals surface area contributed by atoms with Gasteiger partial charge >= 0.3 is 5.97 Å². The van der Waals surface area contributed by atoms with E-state index in [1.165, 1.54) is 17.6 Å². The predicted octanol–water partition coefficient (Wildman–Crippen LogP) is 3.08. The van der Waals surface area contributed by atoms with E-state index in [0.29, 0.717) is 0 Å². The monoisotopic (exact) mass is 305 g/mol. The Morgan fingerprint density at radius 3 is 2.23 bits per heavy atom. The fraction of sp³-hybridized carbons (Fsp3) is 0.778. The number of likely N-dealkylation sites (tertiary alicyclic amines) is 1. The van der Waals surface area contributed by atoms with Gasteiger partial charge in [0.1, 0.15) is 0 Å². The van der Waals surface area contributed by atoms with Gasteiger partial charge in [0.2, 0.25) is 5.91 Å². The van der Waals surface area contributed by atoms with Gasteiger partial charge in [-0.1, -0.05) is 11.1 Å². The van der Waals surface area contributed by atoms with Crippen LogP contribution in [0.15, 0.2) is 11.1 Å². The number of piperidine rings is 1. The quantitative estimate of drug-likeness (QED) is 0.798. The van der Waals surface area contributed by atoms with E-state index in [0.717, 1.165) is 32.2 Å². The highest BCUT2D eigenvalue weighted by Crippen LogP contribution is 2.57. The maximum atomic E-state index is 13.1. The molecule has 0 aromatic heterocycles. The van der Waals surface area contributed by atoms with Gasteiger partial charge in [-0.05, 0) is 64.7 Å². The number of carbonyl (C=O) groups excluding carboxylic acids is 1. The number of carbonyl (C=O) groups is 2. The number of hydrogen-bond donors (Lipinski definition) is 1. The number of hydrogen-bond acceptors (Lipinski definition) is 2. The number of rotatable bonds is 2. The first-order chi connectivity index (χ1) is 10.4. The normalized spacial score (nSPS) is 37.5. The van der Waals surface area contributed by atoms with Crippen molar-refractivity contribution in [1.82, 2.24) is 4.90 Å². The van der Waals surface area contributed by atoms with Gasteiger partial charge in [0.15, 0.2) is 0 Å². The van der Waals surface area contributed by atoms with Gasteiger partial charge in [0, 0.05) is 12.6 Å². The lowest BCUT2D eigenvalue weighted by molar-refractivity contribution is -0.154. The number of carboxylic acid groups (broad SMARTS) is 1. The first-order valence-corrected chi connectivity index (χ1v) is 8.64. The minimum Gasteiger partial charge on any atom is -0.481 e. The molecule has 3 fully saturated rings. The molecule has 2 aliphatic carbocycles. The Balaban J connectivity index is 1.93. The van der Waals surface area contributed by atoms with Crippen LogP contribution in [0.3, 0.4) is 0 Å². The summed E-state index contributed by atoms with van der Waals surface area (Å²) >= 11 is 0. The van der Waals surface area contributed by atoms with Crippen LogP contribution in [-0.2, 0) is 9.59 Å². The molecule has 0 radical (unpaired) electrons. The van der Waals surface area contributed by atoms with Crippen LogP contribution in [0.25, 0.3) is 0 Å². The molecule has 0 unspecified atom stereocenters. The third kappa shape index (κ3) is 2.27. The standard InChI is InChI=1S/C18H27NO3/c1-10(2)14-12-7-8-13(14)16(18(21)22)15(12)17(20)19-9-5-4-6-11(19)3/h11-13,15-16H,4-9H2,1-3H3,(H,21,22)/t11-,12+,13+,15+,16-/m0/s1. The first-order valence-electron chi connectivity index (χ1n) is 8.64. The minimum absolute atomic E-state index is 0.0848. The number of aliphatic carboxylic acids is 1. The summed E-state index contributed by atoms with van der Waals surface area (Å²) in [6.07, 6.45) is 5.17. The molecular weight excluding hydrogens is 278 g/mol. The molecule has 2 bridgehead atoms. The summed E-state index contributed by atoms with van der Waals surface area (Å²) in [6.45, 7) is 7.03. The third-order valence-electron chi connectivity index (χ3n) is 6.08. The van der Waals surface area contributed by atoms with E-state index in [2.05, 4.69) is 20.8 Å². The van der Waals surface area contributed by atoms with E-state index < -0.39 is 11.9 Å². The minimum atomic E-state index is -0.783. The average molecular weight is 305 g/mol. The number of allylic oxidation sites excluding steroid dienone is 2. The maximum absolute atomic E-state index is 13.1. The summed E-state index contributed by atoms with van der Waals surface area (Å²) < 4.78 is 0. The molecule has 1 amide bonds. The van der Waals surface area contributed by atoms with Gasteiger partial charge in [0.25, 0.3) is 0 Å². The van der Waals surface area contributed by atoms with Crippen molar-refractivity contribution < 1.29 is 14.7 Å². The zero-order valence-electron chi connectivity index (χ0n) is 13.8. The third-order valence-corrected chi connectivity index (χ3v) is 6.08. The van der Waals surface area contributed by atoms with E-state index in [4.69, 9.17) is 0 Å². The highest BCUT2D eigenvalue weighted by molar-refractivity contribution is 5.88. The number of fused-ring (bicyclic) bond motifs is 2. The van der Waals surface area contributed by atoms with Gasteiger partial charge in [-0.3, -0.25) is 9.59 Å². The van der Waals surface area contributed by atoms with Crippen molar-refractivity contribution in [2.45, 2.75) is 58.9 Å². The van der Waals surface area contributed by atoms with Crippen LogP contribution >= 0.6 is 0 Å². The average Bonchev–Trinajstić information content (AvgIpc) is 3.02. The summed E-state index contributed by atoms with van der Waals surface area (Å²) in [6, 6.07) is 0.255. The molecule has 1 heterocycles. The molecule has 1 saturated heterocycles. The Kier molecular flexibility index (Phi) is 4.04. The smallest absolute Gasteiger partial charge is 0.307 e. The molecule has 0 aromatic rings. The lowest BCUT2D eigenvalue weighted by Gasteiger charge is -2.38. The highest BCUT2D eigenvalue weighted by Gasteiger charge is 2.58. The van der Waals surface area contributed by atoms with E-state index in [9.17, 15) is 14.7 Å². The first kappa shape index (κ1) is 15.6. The molecule has 3 rings (SSSR count). The van der Waals surface area contributed by atoms with Crippen LogP contribution < -0.4 is 0 Å². The summed E-state index contributed by atoms with van der Waals surface area (Å²) in [5.41, 5.74) is 2.50. The van der Waals surface area contributed by atoms with Crippen molar-refractivity contribution in [3.05, 3.63) is 11.1 Å². The molecule has 1 aliphatic heterocycles. The molecule has 1 N–H and O–H groups in total. The summed E-state index contributed by atoms with van der Waals surface area (Å²) in [5.74, 6) is -1.27. The fourth-order valence-corrected chi connectivity index (χ4v) is 5.20. The summed E-state index contributed by atoms with van der Waals surface area (Å²) in [4.78, 5) is 26.9. The van der Waals surface area contributed by atoms with Gasteiger partial charge < -0.3 is 10.0 Å². The number of amides is 1. The molecule has 22 heavy (non-hydrogen) atoms. The Labute approximate surface area is 132 Å². The van der Waals surface area contributed by atoms with Crippen LogP contribution in [0.4, 0.5) is 0 Å². The Hall–Kier alpha value is -1.32. The Morgan fingerprint density at radius 1 is 1.05 bits per heavy atom. The molecule has 0 aromatic carbocycles. The Bertz CT molecular complexity index is 520. The SMILES string of the molecule is CC(C)=C1[C@H]2CC[C@H]1[C@@H](C(=O)N1CCCC[C@@H]1C)[C@H]2C(=O)O. The summed E-state index contributed by atoms with van der Waals surface area (Å²) in [7, 11) is 0. The van der Waals surface area contributed by atoms with Crippen molar-refractivity contribution in [1.29, 1.82) is 0 Å². The van der Waals surface area contributed by atoms with Crippen molar-refractivity contribution in [3.8, 4) is 0 Å². The van der Waals surface area contributed by atoms with Crippen molar-refractivity contribution in [2.24, 2.45) is 23.7 Å². The second kappa shape index (κ2) is 5.71. The lowest BCUT2D eigenvalue weighted by Crippen LogP contribution is -2.49. The molecule has 5 atom stereocenters. The largest absolute Gasteiger partial charge is 0.481 e. The molecule has 122 valence electrons. The van der Waals surface area contributed by atoms with Crippen LogP contribution in [0.1, 0.15) is 52.9 Å². The zero-order chi connectivity index (χ0) is 16.0. The summed E-state index contributed by atoms with van der Waals surface area (Å²) in [5, 5.41) is 9.73. The molecular formula is C18H27NO3. The molecule has 0 spiro atoms. The maximum Gasteiger partial charge on any atom is 0.307 e. The van der Waals surface area contributed by atoms with Crippen LogP contribution in [-0.4, -0.2) is 34.5 Å². The lowest BCUT2D eigenvalue weighted by atomic mass is 9.78. The predicted molar refractivity (Wildman–Crippen MR) is 84.2 cm³/mol. The van der Waals surface area contributed by atoms with Crippen molar-refractivity contribution in [2.75, 3.05) is 6.54 Å².